The van der Waals surface area contributed by atoms with Gasteiger partial charge in [-0.2, -0.15) is 0 Å². The van der Waals surface area contributed by atoms with Gasteiger partial charge in [0.1, 0.15) is 0 Å². The zero-order valence-corrected chi connectivity index (χ0v) is 8.56. The molecule has 0 aromatic carbocycles. The number of allylic oxidation sites excluding steroid dienone is 4. The van der Waals surface area contributed by atoms with Gasteiger partial charge in [0.15, 0.2) is 0 Å². The molecule has 0 heteroatoms. The van der Waals surface area contributed by atoms with E-state index in [9.17, 15) is 0 Å². The van der Waals surface area contributed by atoms with Crippen LogP contribution >= 0.6 is 0 Å². The van der Waals surface area contributed by atoms with Crippen LogP contribution in [0.3, 0.4) is 0 Å². The van der Waals surface area contributed by atoms with Crippen molar-refractivity contribution in [3.63, 3.8) is 0 Å². The van der Waals surface area contributed by atoms with E-state index in [1.807, 2.05) is 0 Å². The first-order valence-electron chi connectivity index (χ1n) is 4.97. The van der Waals surface area contributed by atoms with Gasteiger partial charge in [-0.15, -0.1) is 0 Å². The van der Waals surface area contributed by atoms with Crippen LogP contribution in [0.4, 0.5) is 0 Å². The normalized spacial score (nSPS) is 19.8. The smallest absolute Gasteiger partial charge is 0.0170 e. The maximum Gasteiger partial charge on any atom is -0.0170 e. The lowest BCUT2D eigenvalue weighted by molar-refractivity contribution is 0.473. The molecule has 0 atom stereocenters. The largest absolute Gasteiger partial charge is 0.0845 e. The summed E-state index contributed by atoms with van der Waals surface area (Å²) in [6.07, 6.45) is 12.1. The molecule has 0 saturated carbocycles. The summed E-state index contributed by atoms with van der Waals surface area (Å²) in [6, 6.07) is 0. The molecule has 0 amide bonds. The zero-order chi connectivity index (χ0) is 9.03. The third-order valence-electron chi connectivity index (χ3n) is 2.46. The molecule has 0 saturated heterocycles. The lowest BCUT2D eigenvalue weighted by Crippen LogP contribution is -2.09. The monoisotopic (exact) mass is 164 g/mol. The molecule has 0 unspecified atom stereocenters. The van der Waals surface area contributed by atoms with E-state index in [0.717, 1.165) is 0 Å². The molecule has 0 aliphatic heterocycles. The summed E-state index contributed by atoms with van der Waals surface area (Å²) in [6.45, 7) is 6.90. The average Bonchev–Trinajstić information content (AvgIpc) is 1.81. The van der Waals surface area contributed by atoms with E-state index < -0.39 is 0 Å². The van der Waals surface area contributed by atoms with Crippen LogP contribution < -0.4 is 0 Å². The molecule has 0 nitrogen and oxygen atoms in total. The predicted octanol–water partition coefficient (Wildman–Crippen LogP) is 4.09. The first-order valence-corrected chi connectivity index (χ1v) is 4.97. The molecular formula is C12H20. The molecular weight excluding hydrogens is 144 g/mol. The molecule has 1 aliphatic carbocycles. The minimum atomic E-state index is 0.363. The fourth-order valence-electron chi connectivity index (χ4n) is 1.57. The van der Waals surface area contributed by atoms with Gasteiger partial charge in [-0.25, -0.2) is 0 Å². The molecule has 0 spiro atoms. The van der Waals surface area contributed by atoms with Crippen molar-refractivity contribution in [2.45, 2.75) is 46.5 Å². The van der Waals surface area contributed by atoms with Crippen LogP contribution in [0.1, 0.15) is 46.5 Å². The van der Waals surface area contributed by atoms with E-state index in [1.165, 1.54) is 25.7 Å². The lowest BCUT2D eigenvalue weighted by Gasteiger charge is -2.23. The highest BCUT2D eigenvalue weighted by Gasteiger charge is 2.15. The molecule has 68 valence electrons. The van der Waals surface area contributed by atoms with Crippen molar-refractivity contribution >= 4 is 0 Å². The molecule has 0 N–H and O–H groups in total. The Kier molecular flexibility index (Phi) is 3.13. The molecule has 1 rings (SSSR count). The molecule has 0 aromatic rings. The number of rotatable bonds is 0. The lowest BCUT2D eigenvalue weighted by atomic mass is 9.82. The quantitative estimate of drug-likeness (QED) is 0.506. The maximum absolute atomic E-state index is 2.30. The van der Waals surface area contributed by atoms with Crippen LogP contribution in [0.2, 0.25) is 0 Å². The minimum Gasteiger partial charge on any atom is -0.0845 e. The SMILES string of the molecule is CC(C)(C)C1=CC=CCCCC1. The van der Waals surface area contributed by atoms with E-state index in [4.69, 9.17) is 0 Å². The summed E-state index contributed by atoms with van der Waals surface area (Å²) in [4.78, 5) is 0. The maximum atomic E-state index is 2.30. The van der Waals surface area contributed by atoms with Gasteiger partial charge >= 0.3 is 0 Å². The molecule has 0 bridgehead atoms. The molecule has 0 aromatic heterocycles. The zero-order valence-electron chi connectivity index (χ0n) is 8.56. The Labute approximate surface area is 76.4 Å². The van der Waals surface area contributed by atoms with E-state index >= 15 is 0 Å². The topological polar surface area (TPSA) is 0 Å². The molecule has 12 heavy (non-hydrogen) atoms. The Morgan fingerprint density at radius 2 is 1.92 bits per heavy atom. The van der Waals surface area contributed by atoms with E-state index in [0.29, 0.717) is 5.41 Å². The predicted molar refractivity (Wildman–Crippen MR) is 55.1 cm³/mol. The van der Waals surface area contributed by atoms with Gasteiger partial charge < -0.3 is 0 Å². The summed E-state index contributed by atoms with van der Waals surface area (Å²) in [7, 11) is 0. The van der Waals surface area contributed by atoms with Crippen molar-refractivity contribution in [2.24, 2.45) is 5.41 Å². The summed E-state index contributed by atoms with van der Waals surface area (Å²) < 4.78 is 0. The van der Waals surface area contributed by atoms with Gasteiger partial charge in [-0.1, -0.05) is 44.6 Å². The van der Waals surface area contributed by atoms with Gasteiger partial charge in [-0.05, 0) is 31.1 Å². The summed E-state index contributed by atoms with van der Waals surface area (Å²) in [5, 5.41) is 0. The van der Waals surface area contributed by atoms with Crippen molar-refractivity contribution in [3.05, 3.63) is 23.8 Å². The average molecular weight is 164 g/mol. The Bertz CT molecular complexity index is 189. The van der Waals surface area contributed by atoms with Crippen LogP contribution in [0.25, 0.3) is 0 Å². The highest BCUT2D eigenvalue weighted by atomic mass is 14.2. The van der Waals surface area contributed by atoms with E-state index in [2.05, 4.69) is 39.0 Å². The number of hydrogen-bond acceptors (Lipinski definition) is 0. The molecule has 0 heterocycles. The van der Waals surface area contributed by atoms with Crippen molar-refractivity contribution < 1.29 is 0 Å². The fraction of sp³-hybridized carbons (Fsp3) is 0.667. The van der Waals surface area contributed by atoms with E-state index in [1.54, 1.807) is 5.57 Å². The minimum absolute atomic E-state index is 0.363. The molecule has 0 fully saturated rings. The highest BCUT2D eigenvalue weighted by Crippen LogP contribution is 2.30. The van der Waals surface area contributed by atoms with E-state index in [-0.39, 0.29) is 0 Å². The second kappa shape index (κ2) is 3.93. The first kappa shape index (κ1) is 9.57. The second-order valence-electron chi connectivity index (χ2n) is 4.62. The Hall–Kier alpha value is -0.520. The Balaban J connectivity index is 2.72. The van der Waals surface area contributed by atoms with Crippen LogP contribution in [0.5, 0.6) is 0 Å². The van der Waals surface area contributed by atoms with Gasteiger partial charge in [0.2, 0.25) is 0 Å². The third kappa shape index (κ3) is 2.84. The molecule has 1 aliphatic rings. The number of hydrogen-bond donors (Lipinski definition) is 0. The van der Waals surface area contributed by atoms with Gasteiger partial charge in [-0.3, -0.25) is 0 Å². The Morgan fingerprint density at radius 3 is 2.58 bits per heavy atom. The van der Waals surface area contributed by atoms with Gasteiger partial charge in [0, 0.05) is 0 Å². The van der Waals surface area contributed by atoms with Crippen LogP contribution in [-0.2, 0) is 0 Å². The first-order chi connectivity index (χ1) is 5.61. The summed E-state index contributed by atoms with van der Waals surface area (Å²) >= 11 is 0. The van der Waals surface area contributed by atoms with Gasteiger partial charge in [0.25, 0.3) is 0 Å². The van der Waals surface area contributed by atoms with Crippen LogP contribution in [-0.4, -0.2) is 0 Å². The van der Waals surface area contributed by atoms with Gasteiger partial charge in [0.05, 0.1) is 0 Å². The van der Waals surface area contributed by atoms with Crippen molar-refractivity contribution in [2.75, 3.05) is 0 Å². The van der Waals surface area contributed by atoms with Crippen LogP contribution in [0, 0.1) is 5.41 Å². The highest BCUT2D eigenvalue weighted by molar-refractivity contribution is 5.18. The summed E-state index contributed by atoms with van der Waals surface area (Å²) in [5.41, 5.74) is 1.96. The standard InChI is InChI=1S/C12H20/c1-12(2,3)11-9-7-5-4-6-8-10-11/h5,7,9H,4,6,8,10H2,1-3H3. The van der Waals surface area contributed by atoms with Crippen molar-refractivity contribution in [3.8, 4) is 0 Å². The third-order valence-corrected chi connectivity index (χ3v) is 2.46. The fourth-order valence-corrected chi connectivity index (χ4v) is 1.57. The second-order valence-corrected chi connectivity index (χ2v) is 4.62. The van der Waals surface area contributed by atoms with Crippen LogP contribution in [0.15, 0.2) is 23.8 Å². The molecule has 0 radical (unpaired) electrons. The summed E-state index contributed by atoms with van der Waals surface area (Å²) in [5.74, 6) is 0. The van der Waals surface area contributed by atoms with Crippen molar-refractivity contribution in [1.82, 2.24) is 0 Å². The Morgan fingerprint density at radius 1 is 1.17 bits per heavy atom. The van der Waals surface area contributed by atoms with Crippen molar-refractivity contribution in [1.29, 1.82) is 0 Å².